The molecule has 10 heteroatoms. The molecule has 9 nitrogen and oxygen atoms in total. The molecule has 0 saturated heterocycles. The molecule has 0 fully saturated rings. The van der Waals surface area contributed by atoms with E-state index in [9.17, 15) is 13.2 Å². The number of carbonyl (C=O) groups is 1. The van der Waals surface area contributed by atoms with Gasteiger partial charge in [0.15, 0.2) is 0 Å². The van der Waals surface area contributed by atoms with E-state index < -0.39 is 21.6 Å². The van der Waals surface area contributed by atoms with Crippen LogP contribution in [0.3, 0.4) is 0 Å². The molecule has 0 aliphatic heterocycles. The quantitative estimate of drug-likeness (QED) is 0.345. The van der Waals surface area contributed by atoms with Crippen molar-refractivity contribution in [3.63, 3.8) is 0 Å². The van der Waals surface area contributed by atoms with E-state index in [1.54, 1.807) is 88.2 Å². The number of esters is 1. The second-order valence-electron chi connectivity index (χ2n) is 9.63. The molecule has 0 saturated carbocycles. The highest BCUT2D eigenvalue weighted by Crippen LogP contribution is 2.30. The topological polar surface area (TPSA) is 112 Å². The van der Waals surface area contributed by atoms with E-state index in [0.717, 1.165) is 16.7 Å². The Hall–Kier alpha value is -3.76. The predicted octanol–water partition coefficient (Wildman–Crippen LogP) is 4.24. The highest BCUT2D eigenvalue weighted by atomic mass is 32.2. The van der Waals surface area contributed by atoms with Crippen molar-refractivity contribution < 1.29 is 22.7 Å². The molecule has 194 valence electrons. The van der Waals surface area contributed by atoms with Gasteiger partial charge in [-0.2, -0.15) is 0 Å². The minimum absolute atomic E-state index is 0.0643. The Kier molecular flexibility index (Phi) is 7.33. The largest absolute Gasteiger partial charge is 0.497 e. The van der Waals surface area contributed by atoms with E-state index in [1.165, 1.54) is 6.20 Å². The molecular weight excluding hydrogens is 492 g/mol. The Morgan fingerprint density at radius 1 is 1.03 bits per heavy atom. The van der Waals surface area contributed by atoms with Crippen LogP contribution in [0.2, 0.25) is 0 Å². The average Bonchev–Trinajstić information content (AvgIpc) is 3.20. The van der Waals surface area contributed by atoms with E-state index in [2.05, 4.69) is 14.7 Å². The van der Waals surface area contributed by atoms with Crippen LogP contribution >= 0.6 is 0 Å². The molecule has 0 radical (unpaired) electrons. The van der Waals surface area contributed by atoms with Gasteiger partial charge in [0.25, 0.3) is 0 Å². The molecule has 2 aromatic heterocycles. The summed E-state index contributed by atoms with van der Waals surface area (Å²) in [5.41, 5.74) is 2.22. The maximum atomic E-state index is 13.5. The number of benzene rings is 2. The highest BCUT2D eigenvalue weighted by Gasteiger charge is 2.24. The van der Waals surface area contributed by atoms with E-state index in [-0.39, 0.29) is 18.0 Å². The van der Waals surface area contributed by atoms with Crippen LogP contribution in [0.4, 0.5) is 0 Å². The number of aryl methyl sites for hydroxylation is 1. The Morgan fingerprint density at radius 3 is 2.32 bits per heavy atom. The van der Waals surface area contributed by atoms with Gasteiger partial charge in [0.1, 0.15) is 28.6 Å². The maximum Gasteiger partial charge on any atom is 0.326 e. The van der Waals surface area contributed by atoms with Crippen molar-refractivity contribution in [2.45, 2.75) is 51.3 Å². The number of carbonyl (C=O) groups excluding carboxylic acids is 1. The molecule has 0 bridgehead atoms. The van der Waals surface area contributed by atoms with Crippen LogP contribution in [0.5, 0.6) is 5.75 Å². The molecule has 4 rings (SSSR count). The Labute approximate surface area is 216 Å². The first kappa shape index (κ1) is 26.3. The number of methoxy groups -OCH3 is 1. The van der Waals surface area contributed by atoms with Gasteiger partial charge in [-0.05, 0) is 63.1 Å². The summed E-state index contributed by atoms with van der Waals surface area (Å²) in [4.78, 5) is 21.1. The fourth-order valence-electron chi connectivity index (χ4n) is 3.84. The van der Waals surface area contributed by atoms with Gasteiger partial charge in [-0.3, -0.25) is 4.79 Å². The van der Waals surface area contributed by atoms with Crippen LogP contribution < -0.4 is 9.46 Å². The summed E-state index contributed by atoms with van der Waals surface area (Å²) in [7, 11) is -2.37. The summed E-state index contributed by atoms with van der Waals surface area (Å²) < 4.78 is 41.8. The Morgan fingerprint density at radius 2 is 1.70 bits per heavy atom. The number of hydrogen-bond acceptors (Lipinski definition) is 7. The first-order valence-corrected chi connectivity index (χ1v) is 13.2. The van der Waals surface area contributed by atoms with Gasteiger partial charge in [-0.1, -0.05) is 18.2 Å². The zero-order valence-electron chi connectivity index (χ0n) is 21.5. The molecule has 0 aliphatic carbocycles. The van der Waals surface area contributed by atoms with Gasteiger partial charge in [-0.25, -0.2) is 23.1 Å². The fourth-order valence-corrected chi connectivity index (χ4v) is 5.07. The van der Waals surface area contributed by atoms with Crippen molar-refractivity contribution in [2.75, 3.05) is 7.11 Å². The minimum Gasteiger partial charge on any atom is -0.497 e. The molecule has 0 amide bonds. The van der Waals surface area contributed by atoms with Crippen LogP contribution in [-0.2, 0) is 32.6 Å². The lowest BCUT2D eigenvalue weighted by molar-refractivity contribution is -0.155. The molecule has 0 spiro atoms. The molecule has 1 N–H and O–H groups in total. The third-order valence-corrected chi connectivity index (χ3v) is 7.02. The monoisotopic (exact) mass is 522 g/mol. The van der Waals surface area contributed by atoms with E-state index in [4.69, 9.17) is 9.47 Å². The molecular formula is C27H30N4O5S. The third-order valence-electron chi connectivity index (χ3n) is 5.59. The highest BCUT2D eigenvalue weighted by molar-refractivity contribution is 7.89. The molecule has 2 heterocycles. The van der Waals surface area contributed by atoms with Crippen LogP contribution in [0.1, 0.15) is 32.2 Å². The summed E-state index contributed by atoms with van der Waals surface area (Å²) >= 11 is 0. The Balaban J connectivity index is 1.73. The minimum atomic E-state index is -3.94. The van der Waals surface area contributed by atoms with Crippen molar-refractivity contribution in [3.05, 3.63) is 72.4 Å². The lowest BCUT2D eigenvalue weighted by atomic mass is 10.1. The fraction of sp³-hybridized carbons (Fsp3) is 0.296. The van der Waals surface area contributed by atoms with Gasteiger partial charge in [0.05, 0.1) is 7.11 Å². The molecule has 0 atom stereocenters. The van der Waals surface area contributed by atoms with Gasteiger partial charge < -0.3 is 14.0 Å². The SMILES string of the molecule is COc1ccc(CNS(=O)(=O)c2cn(CC(=O)OC(C)(C)C)c3ccc(-c4cnc(C)nc4)cc23)cc1. The van der Waals surface area contributed by atoms with E-state index in [1.807, 2.05) is 6.07 Å². The van der Waals surface area contributed by atoms with Gasteiger partial charge >= 0.3 is 5.97 Å². The molecule has 0 aliphatic rings. The zero-order chi connectivity index (χ0) is 26.8. The standard InChI is InChI=1S/C27H30N4O5S/c1-18-28-14-21(15-29-18)20-8-11-24-23(12-20)25(16-31(24)17-26(32)36-27(2,3)4)37(33,34)30-13-19-6-9-22(35-5)10-7-19/h6-12,14-16,30H,13,17H2,1-5H3. The third kappa shape index (κ3) is 6.33. The van der Waals surface area contributed by atoms with Crippen molar-refractivity contribution >= 4 is 26.9 Å². The summed E-state index contributed by atoms with van der Waals surface area (Å²) in [5.74, 6) is 0.860. The van der Waals surface area contributed by atoms with Crippen molar-refractivity contribution in [1.82, 2.24) is 19.3 Å². The smallest absolute Gasteiger partial charge is 0.326 e. The normalized spacial score (nSPS) is 12.0. The lowest BCUT2D eigenvalue weighted by Gasteiger charge is -2.19. The van der Waals surface area contributed by atoms with Crippen molar-refractivity contribution in [2.24, 2.45) is 0 Å². The number of sulfonamides is 1. The van der Waals surface area contributed by atoms with E-state index >= 15 is 0 Å². The number of aromatic nitrogens is 3. The van der Waals surface area contributed by atoms with Gasteiger partial charge in [0, 0.05) is 41.6 Å². The Bertz CT molecular complexity index is 1520. The van der Waals surface area contributed by atoms with Gasteiger partial charge in [0.2, 0.25) is 10.0 Å². The van der Waals surface area contributed by atoms with Crippen LogP contribution in [0, 0.1) is 6.92 Å². The average molecular weight is 523 g/mol. The summed E-state index contributed by atoms with van der Waals surface area (Å²) in [6.07, 6.45) is 4.86. The first-order chi connectivity index (χ1) is 17.4. The van der Waals surface area contributed by atoms with Gasteiger partial charge in [-0.15, -0.1) is 0 Å². The summed E-state index contributed by atoms with van der Waals surface area (Å²) in [6, 6.07) is 12.5. The van der Waals surface area contributed by atoms with E-state index in [0.29, 0.717) is 22.5 Å². The second kappa shape index (κ2) is 10.3. The maximum absolute atomic E-state index is 13.5. The first-order valence-electron chi connectivity index (χ1n) is 11.7. The molecule has 2 aromatic carbocycles. The molecule has 37 heavy (non-hydrogen) atoms. The number of nitrogens with zero attached hydrogens (tertiary/aromatic N) is 3. The number of ether oxygens (including phenoxy) is 2. The summed E-state index contributed by atoms with van der Waals surface area (Å²) in [5, 5.41) is 0.476. The summed E-state index contributed by atoms with van der Waals surface area (Å²) in [6.45, 7) is 7.11. The zero-order valence-corrected chi connectivity index (χ0v) is 22.3. The van der Waals surface area contributed by atoms with Crippen molar-refractivity contribution in [3.8, 4) is 16.9 Å². The number of nitrogens with one attached hydrogen (secondary N) is 1. The lowest BCUT2D eigenvalue weighted by Crippen LogP contribution is -2.26. The second-order valence-corrected chi connectivity index (χ2v) is 11.4. The van der Waals surface area contributed by atoms with Crippen LogP contribution in [0.15, 0.2) is 66.0 Å². The van der Waals surface area contributed by atoms with Crippen LogP contribution in [0.25, 0.3) is 22.0 Å². The molecule has 4 aromatic rings. The number of hydrogen-bond donors (Lipinski definition) is 1. The number of rotatable bonds is 8. The predicted molar refractivity (Wildman–Crippen MR) is 141 cm³/mol. The van der Waals surface area contributed by atoms with Crippen molar-refractivity contribution in [1.29, 1.82) is 0 Å². The number of fused-ring (bicyclic) bond motifs is 1. The van der Waals surface area contributed by atoms with Crippen LogP contribution in [-0.4, -0.2) is 41.6 Å². The molecule has 0 unspecified atom stereocenters.